The lowest BCUT2D eigenvalue weighted by molar-refractivity contribution is -0.00801. The molecular weight excluding hydrogens is 469 g/mol. The van der Waals surface area contributed by atoms with E-state index in [0.717, 1.165) is 49.7 Å². The van der Waals surface area contributed by atoms with E-state index in [0.29, 0.717) is 6.61 Å². The summed E-state index contributed by atoms with van der Waals surface area (Å²) in [5.74, 6) is 1.83. The molecule has 1 fully saturated rings. The van der Waals surface area contributed by atoms with Crippen molar-refractivity contribution in [1.29, 1.82) is 0 Å². The third-order valence-corrected chi connectivity index (χ3v) is 4.76. The standard InChI is InChI=1S/C20H29N5O2.HI/c1-21-20(22-10-4-5-16-6-8-18(26-3)9-7-16)25-11-12-27-19(15-25)17-13-23-24(2)14-17;/h6-9,13-14,19H,4-5,10-12,15H2,1-3H3,(H,21,22);1H. The van der Waals surface area contributed by atoms with Crippen LogP contribution in [0.2, 0.25) is 0 Å². The van der Waals surface area contributed by atoms with Crippen LogP contribution in [0.3, 0.4) is 0 Å². The van der Waals surface area contributed by atoms with Gasteiger partial charge in [-0.15, -0.1) is 24.0 Å². The van der Waals surface area contributed by atoms with Crippen LogP contribution >= 0.6 is 24.0 Å². The van der Waals surface area contributed by atoms with E-state index in [1.807, 2.05) is 43.3 Å². The zero-order valence-corrected chi connectivity index (χ0v) is 19.1. The van der Waals surface area contributed by atoms with Gasteiger partial charge in [0.2, 0.25) is 0 Å². The van der Waals surface area contributed by atoms with Crippen molar-refractivity contribution < 1.29 is 9.47 Å². The third kappa shape index (κ3) is 6.10. The fraction of sp³-hybridized carbons (Fsp3) is 0.500. The van der Waals surface area contributed by atoms with Crippen molar-refractivity contribution in [1.82, 2.24) is 20.0 Å². The van der Waals surface area contributed by atoms with E-state index >= 15 is 0 Å². The molecule has 1 unspecified atom stereocenters. The molecule has 0 amide bonds. The van der Waals surface area contributed by atoms with Crippen LogP contribution in [-0.2, 0) is 18.2 Å². The lowest BCUT2D eigenvalue weighted by Crippen LogP contribution is -2.48. The van der Waals surface area contributed by atoms with Gasteiger partial charge in [-0.05, 0) is 30.5 Å². The fourth-order valence-corrected chi connectivity index (χ4v) is 3.27. The topological polar surface area (TPSA) is 63.9 Å². The minimum absolute atomic E-state index is 0. The number of nitrogens with one attached hydrogen (secondary N) is 1. The van der Waals surface area contributed by atoms with E-state index in [-0.39, 0.29) is 30.1 Å². The molecular formula is C20H30IN5O2. The Labute approximate surface area is 184 Å². The molecule has 2 aromatic rings. The first-order chi connectivity index (χ1) is 13.2. The maximum absolute atomic E-state index is 5.92. The summed E-state index contributed by atoms with van der Waals surface area (Å²) in [7, 11) is 5.45. The number of aliphatic imine (C=N–C) groups is 1. The molecule has 3 rings (SSSR count). The SMILES string of the molecule is CN=C(NCCCc1ccc(OC)cc1)N1CCOC(c2cnn(C)c2)C1.I. The van der Waals surface area contributed by atoms with Crippen LogP contribution in [0.4, 0.5) is 0 Å². The number of aromatic nitrogens is 2. The van der Waals surface area contributed by atoms with Crippen LogP contribution < -0.4 is 10.1 Å². The Kier molecular flexibility index (Phi) is 9.04. The molecule has 1 aliphatic heterocycles. The molecule has 0 radical (unpaired) electrons. The van der Waals surface area contributed by atoms with Gasteiger partial charge in [0.1, 0.15) is 11.9 Å². The van der Waals surface area contributed by atoms with Gasteiger partial charge in [0.05, 0.1) is 26.5 Å². The van der Waals surface area contributed by atoms with Crippen LogP contribution in [-0.4, -0.2) is 61.0 Å². The van der Waals surface area contributed by atoms with E-state index in [9.17, 15) is 0 Å². The lowest BCUT2D eigenvalue weighted by atomic mass is 10.1. The number of methoxy groups -OCH3 is 1. The Balaban J connectivity index is 0.00000280. The molecule has 2 heterocycles. The van der Waals surface area contributed by atoms with E-state index < -0.39 is 0 Å². The summed E-state index contributed by atoms with van der Waals surface area (Å²) in [6, 6.07) is 8.25. The number of halogens is 1. The number of guanidine groups is 1. The molecule has 1 N–H and O–H groups in total. The highest BCUT2D eigenvalue weighted by molar-refractivity contribution is 14.0. The minimum atomic E-state index is 0. The highest BCUT2D eigenvalue weighted by Crippen LogP contribution is 2.21. The highest BCUT2D eigenvalue weighted by Gasteiger charge is 2.24. The zero-order valence-electron chi connectivity index (χ0n) is 16.8. The Hall–Kier alpha value is -1.81. The average molecular weight is 499 g/mol. The maximum atomic E-state index is 5.92. The predicted molar refractivity (Wildman–Crippen MR) is 122 cm³/mol. The second-order valence-electron chi connectivity index (χ2n) is 6.68. The normalized spacial score (nSPS) is 17.2. The molecule has 0 spiro atoms. The van der Waals surface area contributed by atoms with Gasteiger partial charge in [-0.25, -0.2) is 0 Å². The van der Waals surface area contributed by atoms with Gasteiger partial charge in [0, 0.05) is 38.9 Å². The van der Waals surface area contributed by atoms with Crippen molar-refractivity contribution in [3.05, 3.63) is 47.8 Å². The summed E-state index contributed by atoms with van der Waals surface area (Å²) >= 11 is 0. The largest absolute Gasteiger partial charge is 0.497 e. The van der Waals surface area contributed by atoms with Crippen LogP contribution in [0.5, 0.6) is 5.75 Å². The number of nitrogens with zero attached hydrogens (tertiary/aromatic N) is 4. The number of aryl methyl sites for hydroxylation is 2. The number of morpholine rings is 1. The monoisotopic (exact) mass is 499 g/mol. The summed E-state index contributed by atoms with van der Waals surface area (Å²) < 4.78 is 12.9. The number of hydrogen-bond donors (Lipinski definition) is 1. The molecule has 0 bridgehead atoms. The van der Waals surface area contributed by atoms with Gasteiger partial charge in [-0.2, -0.15) is 5.10 Å². The average Bonchev–Trinajstić information content (AvgIpc) is 3.15. The van der Waals surface area contributed by atoms with Crippen molar-refractivity contribution in [2.75, 3.05) is 40.4 Å². The lowest BCUT2D eigenvalue weighted by Gasteiger charge is -2.34. The van der Waals surface area contributed by atoms with Crippen molar-refractivity contribution in [3.8, 4) is 5.75 Å². The Morgan fingerprint density at radius 2 is 2.14 bits per heavy atom. The van der Waals surface area contributed by atoms with E-state index in [1.54, 1.807) is 7.11 Å². The predicted octanol–water partition coefficient (Wildman–Crippen LogP) is 2.63. The van der Waals surface area contributed by atoms with Gasteiger partial charge in [0.25, 0.3) is 0 Å². The summed E-state index contributed by atoms with van der Waals surface area (Å²) in [6.07, 6.45) is 5.99. The summed E-state index contributed by atoms with van der Waals surface area (Å²) in [5, 5.41) is 7.73. The third-order valence-electron chi connectivity index (χ3n) is 4.76. The Morgan fingerprint density at radius 3 is 2.79 bits per heavy atom. The summed E-state index contributed by atoms with van der Waals surface area (Å²) in [5.41, 5.74) is 2.42. The second-order valence-corrected chi connectivity index (χ2v) is 6.68. The first-order valence-electron chi connectivity index (χ1n) is 9.38. The van der Waals surface area contributed by atoms with E-state index in [2.05, 4.69) is 32.4 Å². The Morgan fingerprint density at radius 1 is 1.36 bits per heavy atom. The van der Waals surface area contributed by atoms with E-state index in [1.165, 1.54) is 5.56 Å². The van der Waals surface area contributed by atoms with Gasteiger partial charge in [-0.3, -0.25) is 9.67 Å². The second kappa shape index (κ2) is 11.3. The molecule has 1 atom stereocenters. The van der Waals surface area contributed by atoms with Gasteiger partial charge >= 0.3 is 0 Å². The fourth-order valence-electron chi connectivity index (χ4n) is 3.27. The van der Waals surface area contributed by atoms with Gasteiger partial charge < -0.3 is 19.7 Å². The Bertz CT molecular complexity index is 747. The number of ether oxygens (including phenoxy) is 2. The van der Waals surface area contributed by atoms with Crippen LogP contribution in [0.1, 0.15) is 23.7 Å². The smallest absolute Gasteiger partial charge is 0.193 e. The molecule has 0 aliphatic carbocycles. The molecule has 1 aromatic heterocycles. The van der Waals surface area contributed by atoms with Gasteiger partial charge in [0.15, 0.2) is 5.96 Å². The van der Waals surface area contributed by atoms with Gasteiger partial charge in [-0.1, -0.05) is 12.1 Å². The van der Waals surface area contributed by atoms with Crippen LogP contribution in [0, 0.1) is 0 Å². The molecule has 1 aliphatic rings. The highest BCUT2D eigenvalue weighted by atomic mass is 127. The maximum Gasteiger partial charge on any atom is 0.193 e. The molecule has 0 saturated carbocycles. The molecule has 154 valence electrons. The van der Waals surface area contributed by atoms with Crippen LogP contribution in [0.25, 0.3) is 0 Å². The molecule has 28 heavy (non-hydrogen) atoms. The quantitative estimate of drug-likeness (QED) is 0.287. The van der Waals surface area contributed by atoms with Crippen molar-refractivity contribution in [2.45, 2.75) is 18.9 Å². The summed E-state index contributed by atoms with van der Waals surface area (Å²) in [4.78, 5) is 6.71. The summed E-state index contributed by atoms with van der Waals surface area (Å²) in [6.45, 7) is 3.19. The number of rotatable bonds is 6. The molecule has 1 saturated heterocycles. The van der Waals surface area contributed by atoms with Crippen LogP contribution in [0.15, 0.2) is 41.7 Å². The molecule has 8 heteroatoms. The number of benzene rings is 1. The molecule has 1 aromatic carbocycles. The van der Waals surface area contributed by atoms with Crippen molar-refractivity contribution in [3.63, 3.8) is 0 Å². The van der Waals surface area contributed by atoms with E-state index in [4.69, 9.17) is 9.47 Å². The number of hydrogen-bond acceptors (Lipinski definition) is 4. The minimum Gasteiger partial charge on any atom is -0.497 e. The molecule has 7 nitrogen and oxygen atoms in total. The zero-order chi connectivity index (χ0) is 19.1. The first-order valence-corrected chi connectivity index (χ1v) is 9.38. The first kappa shape index (κ1) is 22.5. The van der Waals surface area contributed by atoms with Crippen molar-refractivity contribution >= 4 is 29.9 Å². The van der Waals surface area contributed by atoms with Crippen molar-refractivity contribution in [2.24, 2.45) is 12.0 Å².